The summed E-state index contributed by atoms with van der Waals surface area (Å²) in [5, 5.41) is 9.74. The number of aromatic nitrogens is 6. The molecule has 0 spiro atoms. The van der Waals surface area contributed by atoms with Crippen LogP contribution in [0.5, 0.6) is 5.75 Å². The molecule has 0 aliphatic rings. The second kappa shape index (κ2) is 7.05. The fourth-order valence-electron chi connectivity index (χ4n) is 2.80. The highest BCUT2D eigenvalue weighted by atomic mass is 35.5. The molecule has 8 heteroatoms. The zero-order valence-electron chi connectivity index (χ0n) is 14.2. The number of hydrogen-bond donors (Lipinski definition) is 0. The van der Waals surface area contributed by atoms with E-state index in [9.17, 15) is 0 Å². The molecule has 132 valence electrons. The Balaban J connectivity index is 1.76. The second-order valence-electron chi connectivity index (χ2n) is 5.72. The third-order valence-corrected chi connectivity index (χ3v) is 4.29. The lowest BCUT2D eigenvalue weighted by atomic mass is 10.1. The molecule has 0 saturated carbocycles. The van der Waals surface area contributed by atoms with E-state index in [1.165, 1.54) is 0 Å². The number of rotatable bonds is 6. The number of aryl methyl sites for hydroxylation is 2. The smallest absolute Gasteiger partial charge is 0.128 e. The summed E-state index contributed by atoms with van der Waals surface area (Å²) in [6.45, 7) is 1.47. The Kier molecular flexibility index (Phi) is 4.45. The lowest BCUT2D eigenvalue weighted by molar-refractivity contribution is 0.416. The minimum atomic E-state index is 0.625. The Labute approximate surface area is 155 Å². The highest BCUT2D eigenvalue weighted by molar-refractivity contribution is 6.31. The minimum absolute atomic E-state index is 0.625. The van der Waals surface area contributed by atoms with Gasteiger partial charge in [0.15, 0.2) is 0 Å². The maximum Gasteiger partial charge on any atom is 0.128 e. The first-order valence-corrected chi connectivity index (χ1v) is 8.49. The van der Waals surface area contributed by atoms with Crippen LogP contribution in [0.3, 0.4) is 0 Å². The van der Waals surface area contributed by atoms with Crippen LogP contribution in [-0.4, -0.2) is 36.2 Å². The summed E-state index contributed by atoms with van der Waals surface area (Å²) in [7, 11) is 1.64. The highest BCUT2D eigenvalue weighted by Gasteiger charge is 2.17. The number of methoxy groups -OCH3 is 1. The lowest BCUT2D eigenvalue weighted by Gasteiger charge is -2.08. The van der Waals surface area contributed by atoms with Gasteiger partial charge >= 0.3 is 0 Å². The van der Waals surface area contributed by atoms with Crippen molar-refractivity contribution in [3.05, 3.63) is 66.6 Å². The molecule has 4 rings (SSSR count). The summed E-state index contributed by atoms with van der Waals surface area (Å²) in [5.74, 6) is 0.711. The van der Waals surface area contributed by atoms with Crippen LogP contribution in [0, 0.1) is 0 Å². The summed E-state index contributed by atoms with van der Waals surface area (Å²) in [5.41, 5.74) is 2.45. The first-order valence-electron chi connectivity index (χ1n) is 8.12. The van der Waals surface area contributed by atoms with Crippen molar-refractivity contribution in [2.24, 2.45) is 0 Å². The maximum atomic E-state index is 6.21. The van der Waals surface area contributed by atoms with Crippen LogP contribution < -0.4 is 4.74 Å². The molecule has 0 aliphatic heterocycles. The summed E-state index contributed by atoms with van der Waals surface area (Å²) >= 11 is 6.21. The van der Waals surface area contributed by atoms with Gasteiger partial charge in [-0.25, -0.2) is 9.67 Å². The first-order chi connectivity index (χ1) is 12.7. The Hall–Kier alpha value is -3.06. The monoisotopic (exact) mass is 368 g/mol. The van der Waals surface area contributed by atoms with E-state index in [2.05, 4.69) is 10.1 Å². The summed E-state index contributed by atoms with van der Waals surface area (Å²) in [4.78, 5) is 4.07. The van der Waals surface area contributed by atoms with E-state index in [1.807, 2.05) is 46.0 Å². The van der Waals surface area contributed by atoms with Gasteiger partial charge in [-0.1, -0.05) is 11.6 Å². The molecular formula is C18H17ClN6O. The molecule has 3 aromatic heterocycles. The van der Waals surface area contributed by atoms with Crippen LogP contribution in [0.25, 0.3) is 16.9 Å². The Morgan fingerprint density at radius 2 is 2.08 bits per heavy atom. The molecule has 0 amide bonds. The summed E-state index contributed by atoms with van der Waals surface area (Å²) < 4.78 is 11.2. The minimum Gasteiger partial charge on any atom is -0.496 e. The molecule has 0 unspecified atom stereocenters. The Morgan fingerprint density at radius 3 is 2.81 bits per heavy atom. The summed E-state index contributed by atoms with van der Waals surface area (Å²) in [6, 6.07) is 7.38. The molecule has 0 atom stereocenters. The zero-order valence-corrected chi connectivity index (χ0v) is 14.9. The number of halogens is 1. The Morgan fingerprint density at radius 1 is 1.15 bits per heavy atom. The standard InChI is InChI=1S/C18H17ClN6O/c1-26-17-4-3-14(19)11-15(17)18-16(25-7-2-5-21-25)12-24(22-18)10-9-23-8-6-20-13-23/h2-8,11-13H,9-10H2,1H3. The van der Waals surface area contributed by atoms with Gasteiger partial charge in [0.1, 0.15) is 17.1 Å². The van der Waals surface area contributed by atoms with Crippen molar-refractivity contribution in [2.45, 2.75) is 13.1 Å². The zero-order chi connectivity index (χ0) is 17.9. The van der Waals surface area contributed by atoms with Crippen molar-refractivity contribution in [3.63, 3.8) is 0 Å². The van der Waals surface area contributed by atoms with Crippen LogP contribution >= 0.6 is 11.6 Å². The number of benzene rings is 1. The van der Waals surface area contributed by atoms with Crippen LogP contribution in [0.1, 0.15) is 0 Å². The molecule has 0 bridgehead atoms. The van der Waals surface area contributed by atoms with E-state index >= 15 is 0 Å². The van der Waals surface area contributed by atoms with Crippen molar-refractivity contribution in [1.82, 2.24) is 29.1 Å². The van der Waals surface area contributed by atoms with E-state index in [1.54, 1.807) is 36.6 Å². The molecule has 1 aromatic carbocycles. The van der Waals surface area contributed by atoms with E-state index in [0.29, 0.717) is 17.3 Å². The second-order valence-corrected chi connectivity index (χ2v) is 6.16. The first kappa shape index (κ1) is 16.4. The van der Waals surface area contributed by atoms with Gasteiger partial charge in [-0.05, 0) is 24.3 Å². The number of nitrogens with zero attached hydrogens (tertiary/aromatic N) is 6. The van der Waals surface area contributed by atoms with Gasteiger partial charge < -0.3 is 9.30 Å². The van der Waals surface area contributed by atoms with E-state index < -0.39 is 0 Å². The van der Waals surface area contributed by atoms with Crippen LogP contribution in [0.2, 0.25) is 5.02 Å². The number of ether oxygens (including phenoxy) is 1. The summed E-state index contributed by atoms with van der Waals surface area (Å²) in [6.07, 6.45) is 11.1. The molecule has 3 heterocycles. The third kappa shape index (κ3) is 3.21. The fraction of sp³-hybridized carbons (Fsp3) is 0.167. The highest BCUT2D eigenvalue weighted by Crippen LogP contribution is 2.34. The van der Waals surface area contributed by atoms with Crippen molar-refractivity contribution >= 4 is 11.6 Å². The van der Waals surface area contributed by atoms with Gasteiger partial charge in [0.05, 0.1) is 26.2 Å². The number of hydrogen-bond acceptors (Lipinski definition) is 4. The van der Waals surface area contributed by atoms with Crippen LogP contribution in [0.15, 0.2) is 61.6 Å². The third-order valence-electron chi connectivity index (χ3n) is 4.06. The van der Waals surface area contributed by atoms with Gasteiger partial charge in [0.25, 0.3) is 0 Å². The topological polar surface area (TPSA) is 62.7 Å². The normalized spacial score (nSPS) is 11.0. The molecule has 0 aliphatic carbocycles. The van der Waals surface area contributed by atoms with E-state index in [4.69, 9.17) is 21.4 Å². The molecule has 0 saturated heterocycles. The molecular weight excluding hydrogens is 352 g/mol. The molecule has 26 heavy (non-hydrogen) atoms. The van der Waals surface area contributed by atoms with Crippen LogP contribution in [-0.2, 0) is 13.1 Å². The van der Waals surface area contributed by atoms with E-state index in [0.717, 1.165) is 23.5 Å². The van der Waals surface area contributed by atoms with Gasteiger partial charge in [-0.15, -0.1) is 0 Å². The van der Waals surface area contributed by atoms with Gasteiger partial charge in [-0.3, -0.25) is 4.68 Å². The largest absolute Gasteiger partial charge is 0.496 e. The predicted octanol–water partition coefficient (Wildman–Crippen LogP) is 3.29. The average molecular weight is 369 g/mol. The van der Waals surface area contributed by atoms with Crippen LogP contribution in [0.4, 0.5) is 0 Å². The fourth-order valence-corrected chi connectivity index (χ4v) is 2.97. The van der Waals surface area contributed by atoms with Gasteiger partial charge in [0, 0.05) is 41.9 Å². The van der Waals surface area contributed by atoms with E-state index in [-0.39, 0.29) is 0 Å². The van der Waals surface area contributed by atoms with Crippen molar-refractivity contribution in [3.8, 4) is 22.7 Å². The predicted molar refractivity (Wildman–Crippen MR) is 98.6 cm³/mol. The van der Waals surface area contributed by atoms with Gasteiger partial charge in [0.2, 0.25) is 0 Å². The quantitative estimate of drug-likeness (QED) is 0.524. The van der Waals surface area contributed by atoms with Crippen molar-refractivity contribution in [2.75, 3.05) is 7.11 Å². The molecule has 4 aromatic rings. The average Bonchev–Trinajstić information content (AvgIpc) is 3.40. The van der Waals surface area contributed by atoms with Crippen molar-refractivity contribution < 1.29 is 4.74 Å². The molecule has 0 fully saturated rings. The molecule has 0 radical (unpaired) electrons. The van der Waals surface area contributed by atoms with Gasteiger partial charge in [-0.2, -0.15) is 10.2 Å². The maximum absolute atomic E-state index is 6.21. The number of imidazole rings is 1. The SMILES string of the molecule is COc1ccc(Cl)cc1-c1nn(CCn2ccnc2)cc1-n1cccn1. The Bertz CT molecular complexity index is 991. The van der Waals surface area contributed by atoms with Crippen molar-refractivity contribution in [1.29, 1.82) is 0 Å². The molecule has 7 nitrogen and oxygen atoms in total. The molecule has 0 N–H and O–H groups in total. The lowest BCUT2D eigenvalue weighted by Crippen LogP contribution is -2.06.